The maximum Gasteiger partial charge on any atom is 0.230 e. The maximum atomic E-state index is 12.3. The predicted molar refractivity (Wildman–Crippen MR) is 125 cm³/mol. The SMILES string of the molecule is COc1cccc(CNC(=O)CSc2ccc3nnc(-c4ccc(OC)c(OC)c4)n3n2)c1. The number of aromatic nitrogens is 4. The van der Waals surface area contributed by atoms with Crippen molar-refractivity contribution in [2.75, 3.05) is 27.1 Å². The number of methoxy groups -OCH3 is 3. The van der Waals surface area contributed by atoms with Gasteiger partial charge in [0.1, 0.15) is 10.8 Å². The highest BCUT2D eigenvalue weighted by atomic mass is 32.2. The van der Waals surface area contributed by atoms with Gasteiger partial charge in [0.15, 0.2) is 23.0 Å². The number of fused-ring (bicyclic) bond motifs is 1. The van der Waals surface area contributed by atoms with Gasteiger partial charge in [0.2, 0.25) is 5.91 Å². The second kappa shape index (κ2) is 10.2. The van der Waals surface area contributed by atoms with Crippen LogP contribution in [-0.2, 0) is 11.3 Å². The first-order chi connectivity index (χ1) is 16.1. The molecule has 0 aliphatic rings. The lowest BCUT2D eigenvalue weighted by molar-refractivity contribution is -0.118. The van der Waals surface area contributed by atoms with Gasteiger partial charge in [-0.05, 0) is 48.0 Å². The molecular weight excluding hydrogens is 442 g/mol. The van der Waals surface area contributed by atoms with E-state index in [0.717, 1.165) is 16.9 Å². The summed E-state index contributed by atoms with van der Waals surface area (Å²) in [5.41, 5.74) is 2.36. The van der Waals surface area contributed by atoms with E-state index in [1.165, 1.54) is 11.8 Å². The van der Waals surface area contributed by atoms with E-state index in [2.05, 4.69) is 20.6 Å². The average molecular weight is 466 g/mol. The number of hydrogen-bond donors (Lipinski definition) is 1. The van der Waals surface area contributed by atoms with Crippen LogP contribution < -0.4 is 19.5 Å². The Hall–Kier alpha value is -3.79. The zero-order valence-corrected chi connectivity index (χ0v) is 19.3. The first kappa shape index (κ1) is 22.4. The van der Waals surface area contributed by atoms with Crippen molar-refractivity contribution >= 4 is 23.3 Å². The lowest BCUT2D eigenvalue weighted by Gasteiger charge is -2.09. The van der Waals surface area contributed by atoms with E-state index in [0.29, 0.717) is 34.5 Å². The van der Waals surface area contributed by atoms with Gasteiger partial charge in [0.25, 0.3) is 0 Å². The molecule has 9 nitrogen and oxygen atoms in total. The molecule has 0 atom stereocenters. The third-order valence-electron chi connectivity index (χ3n) is 4.86. The molecule has 2 aromatic heterocycles. The normalized spacial score (nSPS) is 10.8. The summed E-state index contributed by atoms with van der Waals surface area (Å²) in [5.74, 6) is 2.68. The van der Waals surface area contributed by atoms with Crippen LogP contribution in [0.25, 0.3) is 17.0 Å². The van der Waals surface area contributed by atoms with Crippen LogP contribution in [0.3, 0.4) is 0 Å². The molecule has 4 rings (SSSR count). The van der Waals surface area contributed by atoms with Crippen molar-refractivity contribution in [3.63, 3.8) is 0 Å². The molecule has 0 saturated heterocycles. The molecule has 0 fully saturated rings. The van der Waals surface area contributed by atoms with Crippen LogP contribution in [0.2, 0.25) is 0 Å². The van der Waals surface area contributed by atoms with Gasteiger partial charge in [-0.1, -0.05) is 23.9 Å². The highest BCUT2D eigenvalue weighted by Gasteiger charge is 2.14. The largest absolute Gasteiger partial charge is 0.497 e. The van der Waals surface area contributed by atoms with Gasteiger partial charge in [0.05, 0.1) is 27.1 Å². The number of carbonyl (C=O) groups excluding carboxylic acids is 1. The van der Waals surface area contributed by atoms with E-state index in [-0.39, 0.29) is 11.7 Å². The number of ether oxygens (including phenoxy) is 3. The second-order valence-corrected chi connectivity index (χ2v) is 7.95. The Bertz CT molecular complexity index is 1280. The van der Waals surface area contributed by atoms with E-state index in [9.17, 15) is 4.79 Å². The fraction of sp³-hybridized carbons (Fsp3) is 0.217. The quantitative estimate of drug-likeness (QED) is 0.376. The molecule has 0 aliphatic heterocycles. The zero-order valence-electron chi connectivity index (χ0n) is 18.4. The number of thioether (sulfide) groups is 1. The van der Waals surface area contributed by atoms with Crippen molar-refractivity contribution in [3.05, 3.63) is 60.2 Å². The van der Waals surface area contributed by atoms with Crippen LogP contribution in [0.5, 0.6) is 17.2 Å². The van der Waals surface area contributed by atoms with Crippen LogP contribution in [0, 0.1) is 0 Å². The first-order valence-electron chi connectivity index (χ1n) is 10.1. The molecule has 10 heteroatoms. The van der Waals surface area contributed by atoms with Gasteiger partial charge in [-0.25, -0.2) is 0 Å². The Morgan fingerprint density at radius 1 is 0.970 bits per heavy atom. The molecule has 33 heavy (non-hydrogen) atoms. The number of rotatable bonds is 9. The fourth-order valence-electron chi connectivity index (χ4n) is 3.18. The Kier molecular flexibility index (Phi) is 6.94. The standard InChI is InChI=1S/C23H23N5O4S/c1-30-17-6-4-5-15(11-17)13-24-21(29)14-33-22-10-9-20-25-26-23(28(20)27-22)16-7-8-18(31-2)19(12-16)32-3/h4-12H,13-14H2,1-3H3,(H,24,29). The molecule has 0 saturated carbocycles. The third-order valence-corrected chi connectivity index (χ3v) is 5.78. The third kappa shape index (κ3) is 5.17. The number of nitrogens with zero attached hydrogens (tertiary/aromatic N) is 4. The molecule has 170 valence electrons. The molecule has 1 amide bonds. The number of hydrogen-bond acceptors (Lipinski definition) is 8. The van der Waals surface area contributed by atoms with Crippen LogP contribution in [0.4, 0.5) is 0 Å². The van der Waals surface area contributed by atoms with Gasteiger partial charge in [-0.3, -0.25) is 4.79 Å². The Morgan fingerprint density at radius 3 is 2.61 bits per heavy atom. The summed E-state index contributed by atoms with van der Waals surface area (Å²) in [6, 6.07) is 16.7. The summed E-state index contributed by atoms with van der Waals surface area (Å²) in [6.45, 7) is 0.429. The van der Waals surface area contributed by atoms with E-state index in [1.54, 1.807) is 31.9 Å². The maximum absolute atomic E-state index is 12.3. The lowest BCUT2D eigenvalue weighted by atomic mass is 10.2. The minimum atomic E-state index is -0.0893. The van der Waals surface area contributed by atoms with Crippen molar-refractivity contribution in [3.8, 4) is 28.6 Å². The van der Waals surface area contributed by atoms with Gasteiger partial charge < -0.3 is 19.5 Å². The van der Waals surface area contributed by atoms with Gasteiger partial charge >= 0.3 is 0 Å². The lowest BCUT2D eigenvalue weighted by Crippen LogP contribution is -2.24. The van der Waals surface area contributed by atoms with Crippen molar-refractivity contribution in [2.24, 2.45) is 0 Å². The number of benzene rings is 2. The highest BCUT2D eigenvalue weighted by molar-refractivity contribution is 7.99. The van der Waals surface area contributed by atoms with Crippen molar-refractivity contribution in [2.45, 2.75) is 11.6 Å². The van der Waals surface area contributed by atoms with Crippen LogP contribution in [0.1, 0.15) is 5.56 Å². The number of carbonyl (C=O) groups is 1. The first-order valence-corrected chi connectivity index (χ1v) is 11.1. The molecule has 2 heterocycles. The summed E-state index contributed by atoms with van der Waals surface area (Å²) < 4.78 is 17.5. The van der Waals surface area contributed by atoms with E-state index in [1.807, 2.05) is 48.5 Å². The van der Waals surface area contributed by atoms with Crippen molar-refractivity contribution in [1.82, 2.24) is 25.1 Å². The minimum absolute atomic E-state index is 0.0893. The van der Waals surface area contributed by atoms with Crippen molar-refractivity contribution in [1.29, 1.82) is 0 Å². The number of amides is 1. The Morgan fingerprint density at radius 2 is 1.82 bits per heavy atom. The van der Waals surface area contributed by atoms with Crippen LogP contribution in [-0.4, -0.2) is 52.8 Å². The molecule has 1 N–H and O–H groups in total. The number of nitrogens with one attached hydrogen (secondary N) is 1. The second-order valence-electron chi connectivity index (χ2n) is 6.95. The summed E-state index contributed by atoms with van der Waals surface area (Å²) in [6.07, 6.45) is 0. The highest BCUT2D eigenvalue weighted by Crippen LogP contribution is 2.31. The molecule has 0 bridgehead atoms. The van der Waals surface area contributed by atoms with Crippen LogP contribution >= 0.6 is 11.8 Å². The van der Waals surface area contributed by atoms with Gasteiger partial charge in [-0.15, -0.1) is 10.2 Å². The minimum Gasteiger partial charge on any atom is -0.497 e. The van der Waals surface area contributed by atoms with Crippen molar-refractivity contribution < 1.29 is 19.0 Å². The predicted octanol–water partition coefficient (Wildman–Crippen LogP) is 3.23. The fourth-order valence-corrected chi connectivity index (χ4v) is 3.86. The van der Waals surface area contributed by atoms with Gasteiger partial charge in [0, 0.05) is 12.1 Å². The van der Waals surface area contributed by atoms with Gasteiger partial charge in [-0.2, -0.15) is 9.61 Å². The topological polar surface area (TPSA) is 99.9 Å². The van der Waals surface area contributed by atoms with Crippen LogP contribution in [0.15, 0.2) is 59.6 Å². The summed E-state index contributed by atoms with van der Waals surface area (Å²) in [7, 11) is 4.78. The Labute approximate surface area is 195 Å². The monoisotopic (exact) mass is 465 g/mol. The zero-order chi connectivity index (χ0) is 23.2. The molecular formula is C23H23N5O4S. The molecule has 4 aromatic rings. The molecule has 0 aliphatic carbocycles. The summed E-state index contributed by atoms with van der Waals surface area (Å²) in [5, 5.41) is 16.7. The summed E-state index contributed by atoms with van der Waals surface area (Å²) in [4.78, 5) is 12.3. The molecule has 2 aromatic carbocycles. The summed E-state index contributed by atoms with van der Waals surface area (Å²) >= 11 is 1.34. The van der Waals surface area contributed by atoms with E-state index in [4.69, 9.17) is 14.2 Å². The smallest absolute Gasteiger partial charge is 0.230 e. The van der Waals surface area contributed by atoms with E-state index >= 15 is 0 Å². The Balaban J connectivity index is 1.44. The molecule has 0 radical (unpaired) electrons. The average Bonchev–Trinajstić information content (AvgIpc) is 3.29. The van der Waals surface area contributed by atoms with E-state index < -0.39 is 0 Å². The molecule has 0 unspecified atom stereocenters. The molecule has 0 spiro atoms.